The Hall–Kier alpha value is -3.42. The summed E-state index contributed by atoms with van der Waals surface area (Å²) in [5, 5.41) is 0. The minimum Gasteiger partial charge on any atom is -0.340 e. The second kappa shape index (κ2) is 8.50. The van der Waals surface area contributed by atoms with Crippen molar-refractivity contribution in [2.45, 2.75) is 52.5 Å². The number of amides is 1. The first kappa shape index (κ1) is 21.4. The van der Waals surface area contributed by atoms with E-state index in [1.54, 1.807) is 11.0 Å². The number of anilines is 2. The first-order chi connectivity index (χ1) is 15.9. The molecule has 1 aromatic carbocycles. The highest BCUT2D eigenvalue weighted by atomic mass is 19.1. The number of nitrogens with zero attached hydrogens (tertiary/aromatic N) is 6. The first-order valence-corrected chi connectivity index (χ1v) is 11.4. The van der Waals surface area contributed by atoms with Gasteiger partial charge in [-0.25, -0.2) is 24.3 Å². The van der Waals surface area contributed by atoms with Gasteiger partial charge >= 0.3 is 0 Å². The largest absolute Gasteiger partial charge is 0.340 e. The molecule has 3 aromatic rings. The lowest BCUT2D eigenvalue weighted by atomic mass is 10.0. The second-order valence-corrected chi connectivity index (χ2v) is 8.96. The first-order valence-electron chi connectivity index (χ1n) is 11.4. The van der Waals surface area contributed by atoms with Crippen molar-refractivity contribution in [1.82, 2.24) is 19.9 Å². The Morgan fingerprint density at radius 1 is 1.03 bits per heavy atom. The molecule has 0 bridgehead atoms. The van der Waals surface area contributed by atoms with Crippen molar-refractivity contribution in [3.8, 4) is 0 Å². The number of carbonyl (C=O) groups excluding carboxylic acids is 1. The molecule has 2 aromatic heterocycles. The van der Waals surface area contributed by atoms with Crippen molar-refractivity contribution in [2.24, 2.45) is 0 Å². The van der Waals surface area contributed by atoms with E-state index in [1.165, 1.54) is 12.1 Å². The molecule has 1 fully saturated rings. The topological polar surface area (TPSA) is 75.1 Å². The Labute approximate surface area is 192 Å². The summed E-state index contributed by atoms with van der Waals surface area (Å²) in [6.45, 7) is 7.81. The molecule has 2 aliphatic heterocycles. The van der Waals surface area contributed by atoms with Crippen LogP contribution in [0.4, 0.5) is 16.2 Å². The number of halogens is 1. The number of fused-ring (bicyclic) bond motifs is 1. The van der Waals surface area contributed by atoms with Crippen molar-refractivity contribution >= 4 is 17.7 Å². The standard InChI is InChI=1S/C25H27FN6O/c1-15-11-16(2)28-25(27-15)31-10-9-19(14-31)23-29-17(3)21-7-8-22(33)32(24(21)30-23)13-18-5-4-6-20(26)12-18/h4-6,11-12,19H,7-10,13-14H2,1-3H3. The smallest absolute Gasteiger partial charge is 0.228 e. The highest BCUT2D eigenvalue weighted by molar-refractivity contribution is 5.95. The molecule has 1 unspecified atom stereocenters. The van der Waals surface area contributed by atoms with Crippen LogP contribution in [0.15, 0.2) is 30.3 Å². The van der Waals surface area contributed by atoms with E-state index in [9.17, 15) is 9.18 Å². The molecule has 5 rings (SSSR count). The van der Waals surface area contributed by atoms with Crippen LogP contribution in [-0.2, 0) is 17.8 Å². The van der Waals surface area contributed by atoms with Crippen LogP contribution in [0, 0.1) is 26.6 Å². The maximum Gasteiger partial charge on any atom is 0.228 e. The van der Waals surface area contributed by atoms with Gasteiger partial charge in [-0.3, -0.25) is 9.69 Å². The molecule has 0 radical (unpaired) electrons. The fraction of sp³-hybridized carbons (Fsp3) is 0.400. The average Bonchev–Trinajstić information content (AvgIpc) is 3.25. The fourth-order valence-corrected chi connectivity index (χ4v) is 4.77. The lowest BCUT2D eigenvalue weighted by Gasteiger charge is -2.30. The lowest BCUT2D eigenvalue weighted by molar-refractivity contribution is -0.119. The van der Waals surface area contributed by atoms with Gasteiger partial charge in [0.15, 0.2) is 0 Å². The summed E-state index contributed by atoms with van der Waals surface area (Å²) in [6.07, 6.45) is 1.94. The quantitative estimate of drug-likeness (QED) is 0.607. The molecule has 33 heavy (non-hydrogen) atoms. The van der Waals surface area contributed by atoms with E-state index in [4.69, 9.17) is 9.97 Å². The van der Waals surface area contributed by atoms with Gasteiger partial charge in [0.1, 0.15) is 17.5 Å². The summed E-state index contributed by atoms with van der Waals surface area (Å²) < 4.78 is 13.7. The minimum absolute atomic E-state index is 0.00694. The zero-order chi connectivity index (χ0) is 23.1. The summed E-state index contributed by atoms with van der Waals surface area (Å²) in [7, 11) is 0. The van der Waals surface area contributed by atoms with E-state index in [0.29, 0.717) is 25.2 Å². The SMILES string of the molecule is Cc1cc(C)nc(N2CCC(c3nc(C)c4c(n3)N(Cc3cccc(F)c3)C(=O)CC4)C2)n1. The highest BCUT2D eigenvalue weighted by Gasteiger charge is 2.32. The molecule has 1 saturated heterocycles. The Bertz CT molecular complexity index is 1210. The number of benzene rings is 1. The van der Waals surface area contributed by atoms with Gasteiger partial charge in [-0.1, -0.05) is 12.1 Å². The van der Waals surface area contributed by atoms with Crippen LogP contribution < -0.4 is 9.80 Å². The minimum atomic E-state index is -0.309. The van der Waals surface area contributed by atoms with Crippen LogP contribution in [0.25, 0.3) is 0 Å². The molecule has 170 valence electrons. The molecule has 7 nitrogen and oxygen atoms in total. The van der Waals surface area contributed by atoms with Crippen molar-refractivity contribution in [2.75, 3.05) is 22.9 Å². The van der Waals surface area contributed by atoms with Crippen molar-refractivity contribution in [1.29, 1.82) is 0 Å². The van der Waals surface area contributed by atoms with Gasteiger partial charge in [0.2, 0.25) is 11.9 Å². The predicted octanol–water partition coefficient (Wildman–Crippen LogP) is 3.80. The molecule has 1 amide bonds. The highest BCUT2D eigenvalue weighted by Crippen LogP contribution is 2.33. The summed E-state index contributed by atoms with van der Waals surface area (Å²) in [5.74, 6) is 1.99. The summed E-state index contributed by atoms with van der Waals surface area (Å²) >= 11 is 0. The molecule has 0 saturated carbocycles. The molecule has 1 atom stereocenters. The van der Waals surface area contributed by atoms with Crippen LogP contribution in [0.5, 0.6) is 0 Å². The van der Waals surface area contributed by atoms with Gasteiger partial charge in [-0.15, -0.1) is 0 Å². The zero-order valence-corrected chi connectivity index (χ0v) is 19.2. The predicted molar refractivity (Wildman–Crippen MR) is 124 cm³/mol. The number of aromatic nitrogens is 4. The van der Waals surface area contributed by atoms with E-state index in [2.05, 4.69) is 14.9 Å². The van der Waals surface area contributed by atoms with Gasteiger partial charge in [0.25, 0.3) is 0 Å². The molecule has 0 aliphatic carbocycles. The summed E-state index contributed by atoms with van der Waals surface area (Å²) in [4.78, 5) is 35.6. The van der Waals surface area contributed by atoms with Crippen LogP contribution in [-0.4, -0.2) is 38.9 Å². The van der Waals surface area contributed by atoms with Crippen LogP contribution in [0.1, 0.15) is 52.8 Å². The van der Waals surface area contributed by atoms with Crippen LogP contribution in [0.3, 0.4) is 0 Å². The fourth-order valence-electron chi connectivity index (χ4n) is 4.77. The van der Waals surface area contributed by atoms with Crippen molar-refractivity contribution in [3.63, 3.8) is 0 Å². The third-order valence-electron chi connectivity index (χ3n) is 6.39. The third kappa shape index (κ3) is 4.29. The zero-order valence-electron chi connectivity index (χ0n) is 19.2. The Morgan fingerprint density at radius 2 is 1.82 bits per heavy atom. The van der Waals surface area contributed by atoms with E-state index < -0.39 is 0 Å². The van der Waals surface area contributed by atoms with E-state index in [1.807, 2.05) is 32.9 Å². The summed E-state index contributed by atoms with van der Waals surface area (Å²) in [5.41, 5.74) is 4.56. The maximum atomic E-state index is 13.7. The monoisotopic (exact) mass is 446 g/mol. The van der Waals surface area contributed by atoms with Crippen molar-refractivity contribution in [3.05, 3.63) is 70.2 Å². The average molecular weight is 447 g/mol. The van der Waals surface area contributed by atoms with Crippen molar-refractivity contribution < 1.29 is 9.18 Å². The van der Waals surface area contributed by atoms with Gasteiger partial charge < -0.3 is 4.90 Å². The third-order valence-corrected chi connectivity index (χ3v) is 6.39. The Morgan fingerprint density at radius 3 is 2.58 bits per heavy atom. The van der Waals surface area contributed by atoms with Crippen LogP contribution >= 0.6 is 0 Å². The molecular weight excluding hydrogens is 419 g/mol. The number of rotatable bonds is 4. The van der Waals surface area contributed by atoms with Gasteiger partial charge in [0.05, 0.1) is 6.54 Å². The molecule has 0 N–H and O–H groups in total. The number of hydrogen-bond acceptors (Lipinski definition) is 6. The van der Waals surface area contributed by atoms with Gasteiger partial charge in [-0.05, 0) is 57.4 Å². The van der Waals surface area contributed by atoms with Crippen LogP contribution in [0.2, 0.25) is 0 Å². The van der Waals surface area contributed by atoms with E-state index in [0.717, 1.165) is 59.5 Å². The van der Waals surface area contributed by atoms with Gasteiger partial charge in [0, 0.05) is 48.1 Å². The normalized spacial score (nSPS) is 18.1. The number of carbonyl (C=O) groups is 1. The Balaban J connectivity index is 1.44. The molecule has 4 heterocycles. The van der Waals surface area contributed by atoms with E-state index in [-0.39, 0.29) is 17.6 Å². The Kier molecular flexibility index (Phi) is 5.52. The summed E-state index contributed by atoms with van der Waals surface area (Å²) in [6, 6.07) is 8.34. The molecule has 2 aliphatic rings. The second-order valence-electron chi connectivity index (χ2n) is 8.96. The molecule has 0 spiro atoms. The van der Waals surface area contributed by atoms with E-state index >= 15 is 0 Å². The number of aryl methyl sites for hydroxylation is 3. The maximum absolute atomic E-state index is 13.7. The lowest BCUT2D eigenvalue weighted by Crippen LogP contribution is -2.36. The molecular formula is C25H27FN6O. The number of hydrogen-bond donors (Lipinski definition) is 0. The molecule has 8 heteroatoms. The van der Waals surface area contributed by atoms with Gasteiger partial charge in [-0.2, -0.15) is 0 Å².